The van der Waals surface area contributed by atoms with E-state index in [4.69, 9.17) is 4.74 Å². The molecule has 3 aromatic rings. The zero-order valence-corrected chi connectivity index (χ0v) is 15.4. The van der Waals surface area contributed by atoms with Crippen molar-refractivity contribution in [3.8, 4) is 5.69 Å². The number of aromatic nitrogens is 3. The Morgan fingerprint density at radius 2 is 2.12 bits per heavy atom. The number of dihydropyridines is 1. The van der Waals surface area contributed by atoms with E-state index in [1.165, 1.54) is 0 Å². The molecule has 2 atom stereocenters. The summed E-state index contributed by atoms with van der Waals surface area (Å²) in [6.45, 7) is 1.99. The largest absolute Gasteiger partial charge is 0.497 e. The van der Waals surface area contributed by atoms with E-state index in [1.807, 2.05) is 66.5 Å². The molecule has 0 amide bonds. The maximum absolute atomic E-state index is 12.8. The first-order chi connectivity index (χ1) is 12.7. The van der Waals surface area contributed by atoms with E-state index in [9.17, 15) is 4.21 Å². The highest BCUT2D eigenvalue weighted by atomic mass is 32.2. The van der Waals surface area contributed by atoms with Crippen LogP contribution < -0.4 is 5.32 Å². The number of hydrogen-bond acceptors (Lipinski definition) is 4. The Labute approximate surface area is 154 Å². The third-order valence-corrected chi connectivity index (χ3v) is 5.80. The minimum absolute atomic E-state index is 0.0422. The Morgan fingerprint density at radius 1 is 1.31 bits per heavy atom. The average molecular weight is 368 g/mol. The Balaban J connectivity index is 1.58. The van der Waals surface area contributed by atoms with Gasteiger partial charge in [-0.3, -0.25) is 4.21 Å². The molecule has 0 fully saturated rings. The molecule has 0 radical (unpaired) electrons. The summed E-state index contributed by atoms with van der Waals surface area (Å²) in [5.41, 5.74) is 3.76. The molecule has 4 rings (SSSR count). The van der Waals surface area contributed by atoms with E-state index in [0.29, 0.717) is 10.9 Å². The van der Waals surface area contributed by atoms with Gasteiger partial charge in [0.15, 0.2) is 5.16 Å². The Bertz CT molecular complexity index is 1020. The van der Waals surface area contributed by atoms with Crippen LogP contribution in [0.1, 0.15) is 6.92 Å². The number of imidazole rings is 1. The highest BCUT2D eigenvalue weighted by molar-refractivity contribution is 7.84. The van der Waals surface area contributed by atoms with Crippen molar-refractivity contribution in [2.75, 3.05) is 12.9 Å². The number of rotatable bonds is 5. The Hall–Kier alpha value is -2.80. The molecule has 134 valence electrons. The number of benzene rings is 1. The third kappa shape index (κ3) is 3.06. The second kappa shape index (κ2) is 6.84. The molecule has 0 saturated heterocycles. The molecular weight excluding hydrogens is 348 g/mol. The van der Waals surface area contributed by atoms with E-state index in [1.54, 1.807) is 7.11 Å². The molecule has 26 heavy (non-hydrogen) atoms. The number of allylic oxidation sites excluding steroid dienone is 1. The highest BCUT2D eigenvalue weighted by Gasteiger charge is 2.21. The van der Waals surface area contributed by atoms with Crippen molar-refractivity contribution >= 4 is 21.8 Å². The topological polar surface area (TPSA) is 71.9 Å². The number of aromatic amines is 1. The quantitative estimate of drug-likeness (QED) is 0.726. The summed E-state index contributed by atoms with van der Waals surface area (Å²) >= 11 is 0. The SMILES string of the molecule is COC1=C(C)C(CS(=O)c2nc3ccc(-n4cccc4)cc3[nH]2)NC=C1. The van der Waals surface area contributed by atoms with Crippen LogP contribution in [-0.4, -0.2) is 37.6 Å². The highest BCUT2D eigenvalue weighted by Crippen LogP contribution is 2.21. The van der Waals surface area contributed by atoms with Crippen LogP contribution in [-0.2, 0) is 15.5 Å². The lowest BCUT2D eigenvalue weighted by Crippen LogP contribution is -2.34. The molecule has 0 aliphatic carbocycles. The van der Waals surface area contributed by atoms with Crippen LogP contribution in [0, 0.1) is 0 Å². The van der Waals surface area contributed by atoms with Gasteiger partial charge in [0.2, 0.25) is 0 Å². The van der Waals surface area contributed by atoms with Crippen molar-refractivity contribution in [2.24, 2.45) is 0 Å². The zero-order chi connectivity index (χ0) is 18.1. The van der Waals surface area contributed by atoms with Gasteiger partial charge in [0, 0.05) is 24.3 Å². The number of nitrogens with zero attached hydrogens (tertiary/aromatic N) is 2. The van der Waals surface area contributed by atoms with Crippen LogP contribution in [0.3, 0.4) is 0 Å². The molecule has 0 bridgehead atoms. The summed E-state index contributed by atoms with van der Waals surface area (Å²) in [6.07, 6.45) is 7.68. The zero-order valence-electron chi connectivity index (χ0n) is 14.6. The molecule has 6 nitrogen and oxygen atoms in total. The van der Waals surface area contributed by atoms with E-state index >= 15 is 0 Å². The third-order valence-electron chi connectivity index (χ3n) is 4.54. The van der Waals surface area contributed by atoms with E-state index in [0.717, 1.165) is 28.1 Å². The monoisotopic (exact) mass is 368 g/mol. The fourth-order valence-corrected chi connectivity index (χ4v) is 4.28. The van der Waals surface area contributed by atoms with E-state index in [-0.39, 0.29) is 6.04 Å². The fourth-order valence-electron chi connectivity index (χ4n) is 3.05. The smallest absolute Gasteiger partial charge is 0.197 e. The van der Waals surface area contributed by atoms with Gasteiger partial charge in [0.25, 0.3) is 0 Å². The summed E-state index contributed by atoms with van der Waals surface area (Å²) in [7, 11) is 0.389. The average Bonchev–Trinajstić information content (AvgIpc) is 3.32. The normalized spacial score (nSPS) is 18.2. The molecule has 2 unspecified atom stereocenters. The first-order valence-electron chi connectivity index (χ1n) is 8.34. The van der Waals surface area contributed by atoms with Crippen LogP contribution in [0.5, 0.6) is 0 Å². The second-order valence-corrected chi connectivity index (χ2v) is 7.56. The van der Waals surface area contributed by atoms with Crippen LogP contribution >= 0.6 is 0 Å². The summed E-state index contributed by atoms with van der Waals surface area (Å²) in [5.74, 6) is 1.24. The summed E-state index contributed by atoms with van der Waals surface area (Å²) in [6, 6.07) is 9.87. The van der Waals surface area contributed by atoms with Crippen molar-refractivity contribution in [1.82, 2.24) is 19.9 Å². The lowest BCUT2D eigenvalue weighted by Gasteiger charge is -2.23. The molecule has 1 aromatic carbocycles. The van der Waals surface area contributed by atoms with Gasteiger partial charge in [0.05, 0.1) is 40.7 Å². The number of fused-ring (bicyclic) bond motifs is 1. The molecule has 2 N–H and O–H groups in total. The number of H-pyrrole nitrogens is 1. The van der Waals surface area contributed by atoms with Crippen molar-refractivity contribution in [1.29, 1.82) is 0 Å². The Kier molecular flexibility index (Phi) is 4.38. The maximum Gasteiger partial charge on any atom is 0.197 e. The van der Waals surface area contributed by atoms with Crippen LogP contribution in [0.15, 0.2) is 71.5 Å². The van der Waals surface area contributed by atoms with Crippen molar-refractivity contribution in [2.45, 2.75) is 18.1 Å². The summed E-state index contributed by atoms with van der Waals surface area (Å²) in [4.78, 5) is 7.72. The van der Waals surface area contributed by atoms with Gasteiger partial charge in [-0.1, -0.05) is 0 Å². The van der Waals surface area contributed by atoms with E-state index < -0.39 is 10.8 Å². The van der Waals surface area contributed by atoms with Crippen LogP contribution in [0.2, 0.25) is 0 Å². The van der Waals surface area contributed by atoms with Crippen molar-refractivity contribution < 1.29 is 8.95 Å². The van der Waals surface area contributed by atoms with Gasteiger partial charge < -0.3 is 19.6 Å². The summed E-state index contributed by atoms with van der Waals surface area (Å²) < 4.78 is 20.2. The lowest BCUT2D eigenvalue weighted by atomic mass is 10.1. The molecule has 3 heterocycles. The van der Waals surface area contributed by atoms with Gasteiger partial charge in [-0.05, 0) is 48.9 Å². The molecule has 2 aromatic heterocycles. The van der Waals surface area contributed by atoms with Gasteiger partial charge >= 0.3 is 0 Å². The van der Waals surface area contributed by atoms with Gasteiger partial charge in [-0.15, -0.1) is 0 Å². The predicted octanol–water partition coefficient (Wildman–Crippen LogP) is 2.87. The lowest BCUT2D eigenvalue weighted by molar-refractivity contribution is 0.296. The number of methoxy groups -OCH3 is 1. The molecular formula is C19H20N4O2S. The molecule has 1 aliphatic heterocycles. The summed E-state index contributed by atoms with van der Waals surface area (Å²) in [5, 5.41) is 3.73. The standard InChI is InChI=1S/C19H20N4O2S/c1-13-17(20-8-7-18(13)25-2)12-26(24)19-21-15-6-5-14(11-16(15)22-19)23-9-3-4-10-23/h3-11,17,20H,12H2,1-2H3,(H,21,22). The van der Waals surface area contributed by atoms with Crippen molar-refractivity contribution in [3.63, 3.8) is 0 Å². The fraction of sp³-hybridized carbons (Fsp3) is 0.211. The molecule has 1 aliphatic rings. The van der Waals surface area contributed by atoms with E-state index in [2.05, 4.69) is 15.3 Å². The van der Waals surface area contributed by atoms with Crippen LogP contribution in [0.25, 0.3) is 16.7 Å². The van der Waals surface area contributed by atoms with Gasteiger partial charge in [0.1, 0.15) is 5.76 Å². The first kappa shape index (κ1) is 16.7. The van der Waals surface area contributed by atoms with Gasteiger partial charge in [-0.2, -0.15) is 0 Å². The first-order valence-corrected chi connectivity index (χ1v) is 9.66. The molecule has 7 heteroatoms. The number of ether oxygens (including phenoxy) is 1. The molecule has 0 saturated carbocycles. The minimum atomic E-state index is -1.25. The van der Waals surface area contributed by atoms with Crippen molar-refractivity contribution in [3.05, 3.63) is 66.3 Å². The maximum atomic E-state index is 12.8. The minimum Gasteiger partial charge on any atom is -0.497 e. The van der Waals surface area contributed by atoms with Gasteiger partial charge in [-0.25, -0.2) is 4.98 Å². The predicted molar refractivity (Wildman–Crippen MR) is 102 cm³/mol. The number of hydrogen-bond donors (Lipinski definition) is 2. The second-order valence-electron chi connectivity index (χ2n) is 6.15. The number of nitrogens with one attached hydrogen (secondary N) is 2. The Morgan fingerprint density at radius 3 is 2.88 bits per heavy atom. The van der Waals surface area contributed by atoms with Crippen LogP contribution in [0.4, 0.5) is 0 Å². The molecule has 0 spiro atoms.